The molecule has 7 nitrogen and oxygen atoms in total. The maximum absolute atomic E-state index is 12.8. The van der Waals surface area contributed by atoms with E-state index in [1.165, 1.54) is 39.5 Å². The molecule has 152 valence electrons. The molecule has 0 aliphatic heterocycles. The van der Waals surface area contributed by atoms with Gasteiger partial charge in [-0.25, -0.2) is 9.59 Å². The number of benzene rings is 2. The molecule has 2 aromatic carbocycles. The van der Waals surface area contributed by atoms with E-state index in [0.29, 0.717) is 40.6 Å². The minimum atomic E-state index is -0.610. The van der Waals surface area contributed by atoms with E-state index in [4.69, 9.17) is 23.4 Å². The third-order valence-corrected chi connectivity index (χ3v) is 4.68. The van der Waals surface area contributed by atoms with Crippen LogP contribution in [-0.2, 0) is 6.42 Å². The first-order valence-electron chi connectivity index (χ1n) is 9.02. The molecule has 0 saturated carbocycles. The molecule has 0 radical (unpaired) electrons. The molecule has 0 bridgehead atoms. The van der Waals surface area contributed by atoms with Crippen molar-refractivity contribution < 1.29 is 28.2 Å². The SMILES string of the molecule is CCc1cc(=O)oc2c(C)c(OC(=O)c3cc(OC)c(OC)c(OC)c3)ccc12. The van der Waals surface area contributed by atoms with Gasteiger partial charge in [0, 0.05) is 17.0 Å². The van der Waals surface area contributed by atoms with E-state index in [1.807, 2.05) is 6.92 Å². The predicted octanol–water partition coefficient (Wildman–Crippen LogP) is 3.91. The van der Waals surface area contributed by atoms with Crippen molar-refractivity contribution >= 4 is 16.9 Å². The van der Waals surface area contributed by atoms with Crippen LogP contribution >= 0.6 is 0 Å². The van der Waals surface area contributed by atoms with E-state index in [0.717, 1.165) is 10.9 Å². The highest BCUT2D eigenvalue weighted by Crippen LogP contribution is 2.38. The van der Waals surface area contributed by atoms with E-state index >= 15 is 0 Å². The van der Waals surface area contributed by atoms with Crippen LogP contribution in [0.1, 0.15) is 28.4 Å². The largest absolute Gasteiger partial charge is 0.493 e. The van der Waals surface area contributed by atoms with Gasteiger partial charge in [-0.1, -0.05) is 6.92 Å². The Labute approximate surface area is 167 Å². The number of hydrogen-bond donors (Lipinski definition) is 0. The molecule has 0 aliphatic carbocycles. The molecule has 0 aliphatic rings. The molecule has 29 heavy (non-hydrogen) atoms. The van der Waals surface area contributed by atoms with Crippen LogP contribution < -0.4 is 24.6 Å². The van der Waals surface area contributed by atoms with Crippen molar-refractivity contribution in [1.82, 2.24) is 0 Å². The number of aryl methyl sites for hydroxylation is 2. The number of rotatable bonds is 6. The third-order valence-electron chi connectivity index (χ3n) is 4.68. The molecule has 0 unspecified atom stereocenters. The van der Waals surface area contributed by atoms with Crippen LogP contribution in [0.3, 0.4) is 0 Å². The van der Waals surface area contributed by atoms with Crippen molar-refractivity contribution in [3.63, 3.8) is 0 Å². The summed E-state index contributed by atoms with van der Waals surface area (Å²) < 4.78 is 26.8. The molecular weight excluding hydrogens is 376 g/mol. The van der Waals surface area contributed by atoms with Crippen LogP contribution in [0, 0.1) is 6.92 Å². The van der Waals surface area contributed by atoms with Crippen LogP contribution in [0.5, 0.6) is 23.0 Å². The van der Waals surface area contributed by atoms with E-state index in [9.17, 15) is 9.59 Å². The van der Waals surface area contributed by atoms with Gasteiger partial charge in [0.15, 0.2) is 11.5 Å². The molecule has 1 aromatic heterocycles. The number of esters is 1. The molecular formula is C22H22O7. The predicted molar refractivity (Wildman–Crippen MR) is 108 cm³/mol. The minimum absolute atomic E-state index is 0.225. The minimum Gasteiger partial charge on any atom is -0.493 e. The molecule has 3 rings (SSSR count). The Balaban J connectivity index is 2.02. The Morgan fingerprint density at radius 2 is 1.62 bits per heavy atom. The van der Waals surface area contributed by atoms with Crippen molar-refractivity contribution in [2.45, 2.75) is 20.3 Å². The fraction of sp³-hybridized carbons (Fsp3) is 0.273. The summed E-state index contributed by atoms with van der Waals surface area (Å²) in [6.07, 6.45) is 0.687. The van der Waals surface area contributed by atoms with Crippen LogP contribution in [-0.4, -0.2) is 27.3 Å². The number of ether oxygens (including phenoxy) is 4. The highest BCUT2D eigenvalue weighted by Gasteiger charge is 2.20. The number of carbonyl (C=O) groups excluding carboxylic acids is 1. The molecule has 1 heterocycles. The molecule has 0 N–H and O–H groups in total. The number of methoxy groups -OCH3 is 3. The molecule has 7 heteroatoms. The van der Waals surface area contributed by atoms with E-state index in [-0.39, 0.29) is 5.56 Å². The van der Waals surface area contributed by atoms with Crippen molar-refractivity contribution in [2.24, 2.45) is 0 Å². The van der Waals surface area contributed by atoms with Gasteiger partial charge in [0.25, 0.3) is 0 Å². The Kier molecular flexibility index (Phi) is 5.77. The summed E-state index contributed by atoms with van der Waals surface area (Å²) in [6.45, 7) is 3.70. The monoisotopic (exact) mass is 398 g/mol. The standard InChI is InChI=1S/C22H22O7/c1-6-13-11-19(23)29-20-12(2)16(8-7-15(13)20)28-22(24)14-9-17(25-3)21(27-5)18(10-14)26-4/h7-11H,6H2,1-5H3. The first-order chi connectivity index (χ1) is 13.9. The smallest absolute Gasteiger partial charge is 0.343 e. The fourth-order valence-corrected chi connectivity index (χ4v) is 3.17. The fourth-order valence-electron chi connectivity index (χ4n) is 3.17. The van der Waals surface area contributed by atoms with E-state index in [1.54, 1.807) is 19.1 Å². The van der Waals surface area contributed by atoms with Crippen LogP contribution in [0.2, 0.25) is 0 Å². The van der Waals surface area contributed by atoms with Gasteiger partial charge < -0.3 is 23.4 Å². The van der Waals surface area contributed by atoms with Crippen molar-refractivity contribution in [3.8, 4) is 23.0 Å². The summed E-state index contributed by atoms with van der Waals surface area (Å²) in [4.78, 5) is 24.6. The van der Waals surface area contributed by atoms with Gasteiger partial charge in [-0.15, -0.1) is 0 Å². The van der Waals surface area contributed by atoms with Crippen LogP contribution in [0.15, 0.2) is 39.5 Å². The second kappa shape index (κ2) is 8.26. The summed E-state index contributed by atoms with van der Waals surface area (Å²) >= 11 is 0. The maximum Gasteiger partial charge on any atom is 0.343 e. The summed E-state index contributed by atoms with van der Waals surface area (Å²) in [5.41, 5.74) is 1.63. The molecule has 0 spiro atoms. The van der Waals surface area contributed by atoms with Crippen molar-refractivity contribution in [3.05, 3.63) is 57.4 Å². The maximum atomic E-state index is 12.8. The average molecular weight is 398 g/mol. The Morgan fingerprint density at radius 3 is 2.17 bits per heavy atom. The quantitative estimate of drug-likeness (QED) is 0.354. The second-order valence-corrected chi connectivity index (χ2v) is 6.31. The Hall–Kier alpha value is -3.48. The van der Waals surface area contributed by atoms with Crippen molar-refractivity contribution in [1.29, 1.82) is 0 Å². The van der Waals surface area contributed by atoms with Gasteiger partial charge in [0.05, 0.1) is 26.9 Å². The van der Waals surface area contributed by atoms with Gasteiger partial charge >= 0.3 is 11.6 Å². The van der Waals surface area contributed by atoms with Gasteiger partial charge in [0.2, 0.25) is 5.75 Å². The van der Waals surface area contributed by atoms with Crippen molar-refractivity contribution in [2.75, 3.05) is 21.3 Å². The summed E-state index contributed by atoms with van der Waals surface area (Å²) in [6, 6.07) is 7.96. The Morgan fingerprint density at radius 1 is 0.966 bits per heavy atom. The normalized spacial score (nSPS) is 10.7. The summed E-state index contributed by atoms with van der Waals surface area (Å²) in [7, 11) is 4.41. The Bertz CT molecular complexity index is 1100. The molecule has 0 atom stereocenters. The molecule has 0 saturated heterocycles. The number of hydrogen-bond acceptors (Lipinski definition) is 7. The second-order valence-electron chi connectivity index (χ2n) is 6.31. The lowest BCUT2D eigenvalue weighted by Gasteiger charge is -2.14. The number of fused-ring (bicyclic) bond motifs is 1. The highest BCUT2D eigenvalue weighted by atomic mass is 16.5. The number of carbonyl (C=O) groups is 1. The first kappa shape index (κ1) is 20.3. The van der Waals surface area contributed by atoms with E-state index < -0.39 is 11.6 Å². The summed E-state index contributed by atoms with van der Waals surface area (Å²) in [5.74, 6) is 0.746. The van der Waals surface area contributed by atoms with Crippen LogP contribution in [0.25, 0.3) is 11.0 Å². The zero-order chi connectivity index (χ0) is 21.1. The third kappa shape index (κ3) is 3.76. The van der Waals surface area contributed by atoms with Gasteiger partial charge in [-0.2, -0.15) is 0 Å². The highest BCUT2D eigenvalue weighted by molar-refractivity contribution is 5.94. The average Bonchev–Trinajstić information content (AvgIpc) is 2.74. The summed E-state index contributed by atoms with van der Waals surface area (Å²) in [5, 5.41) is 0.817. The molecule has 3 aromatic rings. The molecule has 0 fully saturated rings. The van der Waals surface area contributed by atoms with Gasteiger partial charge in [0.1, 0.15) is 11.3 Å². The van der Waals surface area contributed by atoms with Gasteiger partial charge in [-0.3, -0.25) is 0 Å². The lowest BCUT2D eigenvalue weighted by atomic mass is 10.0. The van der Waals surface area contributed by atoms with E-state index in [2.05, 4.69) is 0 Å². The zero-order valence-corrected chi connectivity index (χ0v) is 17.0. The molecule has 0 amide bonds. The lowest BCUT2D eigenvalue weighted by molar-refractivity contribution is 0.0732. The lowest BCUT2D eigenvalue weighted by Crippen LogP contribution is -2.11. The van der Waals surface area contributed by atoms with Gasteiger partial charge in [-0.05, 0) is 43.2 Å². The first-order valence-corrected chi connectivity index (χ1v) is 9.02. The van der Waals surface area contributed by atoms with Crippen LogP contribution in [0.4, 0.5) is 0 Å². The topological polar surface area (TPSA) is 84.2 Å². The zero-order valence-electron chi connectivity index (χ0n) is 17.0.